The molecule has 0 aliphatic heterocycles. The van der Waals surface area contributed by atoms with E-state index in [1.54, 1.807) is 12.3 Å². The van der Waals surface area contributed by atoms with Crippen LogP contribution < -0.4 is 16.6 Å². The van der Waals surface area contributed by atoms with Gasteiger partial charge in [-0.25, -0.2) is 20.2 Å². The topological polar surface area (TPSA) is 92.9 Å². The number of halogens is 1. The van der Waals surface area contributed by atoms with Gasteiger partial charge in [0.1, 0.15) is 0 Å². The van der Waals surface area contributed by atoms with Crippen molar-refractivity contribution in [3.8, 4) is 0 Å². The maximum absolute atomic E-state index is 13.7. The van der Waals surface area contributed by atoms with E-state index in [0.29, 0.717) is 5.13 Å². The minimum atomic E-state index is -0.800. The molecule has 8 heteroatoms. The molecule has 0 atom stereocenters. The number of hydrogen-bond donors (Lipinski definition) is 3. The number of carbonyl (C=O) groups excluding carboxylic acids is 1. The zero-order chi connectivity index (χ0) is 13.1. The predicted octanol–water partition coefficient (Wildman–Crippen LogP) is 1.52. The largest absolute Gasteiger partial charge is 0.306 e. The highest BCUT2D eigenvalue weighted by Gasteiger charge is 2.16. The number of anilines is 2. The Kier molecular flexibility index (Phi) is 3.49. The molecule has 0 saturated heterocycles. The van der Waals surface area contributed by atoms with Crippen LogP contribution in [0.25, 0.3) is 0 Å². The number of hydrogen-bond acceptors (Lipinski definition) is 6. The van der Waals surface area contributed by atoms with Crippen LogP contribution in [0.5, 0.6) is 0 Å². The smallest absolute Gasteiger partial charge is 0.260 e. The number of aryl methyl sites for hydroxylation is 1. The molecule has 0 aliphatic carbocycles. The van der Waals surface area contributed by atoms with E-state index in [0.717, 1.165) is 5.69 Å². The van der Waals surface area contributed by atoms with Crippen molar-refractivity contribution < 1.29 is 9.18 Å². The number of aromatic nitrogens is 2. The lowest BCUT2D eigenvalue weighted by molar-refractivity contribution is 0.102. The minimum Gasteiger partial charge on any atom is -0.306 e. The van der Waals surface area contributed by atoms with E-state index >= 15 is 0 Å². The molecule has 4 N–H and O–H groups in total. The molecule has 0 saturated carbocycles. The van der Waals surface area contributed by atoms with E-state index in [9.17, 15) is 9.18 Å². The summed E-state index contributed by atoms with van der Waals surface area (Å²) in [5.74, 6) is 3.50. The van der Waals surface area contributed by atoms with Crippen molar-refractivity contribution in [2.75, 3.05) is 10.7 Å². The van der Waals surface area contributed by atoms with Crippen molar-refractivity contribution in [2.24, 2.45) is 5.84 Å². The van der Waals surface area contributed by atoms with E-state index in [1.165, 1.54) is 23.6 Å². The highest BCUT2D eigenvalue weighted by Crippen LogP contribution is 2.18. The summed E-state index contributed by atoms with van der Waals surface area (Å²) < 4.78 is 13.7. The Labute approximate surface area is 106 Å². The van der Waals surface area contributed by atoms with Crippen LogP contribution in [0.4, 0.5) is 15.3 Å². The average Bonchev–Trinajstić information content (AvgIpc) is 2.75. The Hall–Kier alpha value is -2.06. The van der Waals surface area contributed by atoms with Crippen molar-refractivity contribution in [1.82, 2.24) is 9.97 Å². The maximum Gasteiger partial charge on any atom is 0.260 e. The number of nitrogens with zero attached hydrogens (tertiary/aromatic N) is 2. The van der Waals surface area contributed by atoms with E-state index in [4.69, 9.17) is 5.84 Å². The van der Waals surface area contributed by atoms with E-state index in [1.807, 2.05) is 0 Å². The van der Waals surface area contributed by atoms with E-state index in [2.05, 4.69) is 20.7 Å². The van der Waals surface area contributed by atoms with Crippen molar-refractivity contribution >= 4 is 28.2 Å². The lowest BCUT2D eigenvalue weighted by Crippen LogP contribution is -2.17. The molecule has 1 amide bonds. The van der Waals surface area contributed by atoms with Gasteiger partial charge in [-0.1, -0.05) is 0 Å². The third kappa shape index (κ3) is 2.44. The molecule has 0 radical (unpaired) electrons. The lowest BCUT2D eigenvalue weighted by Gasteiger charge is -2.06. The zero-order valence-electron chi connectivity index (χ0n) is 9.40. The Bertz CT molecular complexity index is 585. The molecule has 6 nitrogen and oxygen atoms in total. The minimum absolute atomic E-state index is 0.147. The van der Waals surface area contributed by atoms with Gasteiger partial charge in [0.15, 0.2) is 16.8 Å². The molecule has 0 bridgehead atoms. The summed E-state index contributed by atoms with van der Waals surface area (Å²) in [4.78, 5) is 19.5. The van der Waals surface area contributed by atoms with Crippen molar-refractivity contribution in [3.05, 3.63) is 34.7 Å². The quantitative estimate of drug-likeness (QED) is 0.579. The number of pyridine rings is 1. The third-order valence-electron chi connectivity index (χ3n) is 2.11. The molecular formula is C10H10FN5OS. The first-order chi connectivity index (χ1) is 8.61. The van der Waals surface area contributed by atoms with Gasteiger partial charge >= 0.3 is 0 Å². The number of carbonyl (C=O) groups is 1. The number of nitrogen functional groups attached to an aromatic ring is 1. The van der Waals surface area contributed by atoms with Gasteiger partial charge in [-0.3, -0.25) is 10.1 Å². The van der Waals surface area contributed by atoms with Crippen molar-refractivity contribution in [1.29, 1.82) is 0 Å². The number of rotatable bonds is 3. The van der Waals surface area contributed by atoms with Crippen LogP contribution in [-0.2, 0) is 0 Å². The fourth-order valence-electron chi connectivity index (χ4n) is 1.30. The summed E-state index contributed by atoms with van der Waals surface area (Å²) in [6.07, 6.45) is 1.29. The molecule has 0 aliphatic rings. The number of nitrogens with one attached hydrogen (secondary N) is 2. The Morgan fingerprint density at radius 2 is 2.33 bits per heavy atom. The number of amides is 1. The summed E-state index contributed by atoms with van der Waals surface area (Å²) in [5.41, 5.74) is 2.72. The summed E-state index contributed by atoms with van der Waals surface area (Å²) in [6.45, 7) is 1.80. The second-order valence-electron chi connectivity index (χ2n) is 3.41. The highest BCUT2D eigenvalue weighted by atomic mass is 32.1. The van der Waals surface area contributed by atoms with Gasteiger partial charge in [-0.2, -0.15) is 0 Å². The number of nitrogens with two attached hydrogens (primary N) is 1. The van der Waals surface area contributed by atoms with Crippen LogP contribution in [0.15, 0.2) is 17.6 Å². The standard InChI is InChI=1S/C10H10FN5OS/c1-5-4-18-10(14-5)15-9(17)6-2-3-13-8(16-12)7(6)11/h2-4H,12H2,1H3,(H,13,16)(H,14,15,17). The SMILES string of the molecule is Cc1csc(NC(=O)c2ccnc(NN)c2F)n1. The van der Waals surface area contributed by atoms with E-state index < -0.39 is 11.7 Å². The fourth-order valence-corrected chi connectivity index (χ4v) is 1.98. The number of hydrazine groups is 1. The summed E-state index contributed by atoms with van der Waals surface area (Å²) in [6, 6.07) is 1.27. The summed E-state index contributed by atoms with van der Waals surface area (Å²) in [5, 5.41) is 4.70. The molecule has 2 heterocycles. The molecular weight excluding hydrogens is 257 g/mol. The van der Waals surface area contributed by atoms with Gasteiger partial charge in [0.2, 0.25) is 0 Å². The van der Waals surface area contributed by atoms with Crippen LogP contribution in [0.1, 0.15) is 16.1 Å². The zero-order valence-corrected chi connectivity index (χ0v) is 10.2. The second kappa shape index (κ2) is 5.07. The highest BCUT2D eigenvalue weighted by molar-refractivity contribution is 7.13. The van der Waals surface area contributed by atoms with Crippen LogP contribution in [0.2, 0.25) is 0 Å². The fraction of sp³-hybridized carbons (Fsp3) is 0.100. The molecule has 2 aromatic rings. The first kappa shape index (κ1) is 12.4. The van der Waals surface area contributed by atoms with Crippen LogP contribution in [0.3, 0.4) is 0 Å². The maximum atomic E-state index is 13.7. The first-order valence-corrected chi connectivity index (χ1v) is 5.84. The third-order valence-corrected chi connectivity index (χ3v) is 2.99. The second-order valence-corrected chi connectivity index (χ2v) is 4.27. The van der Waals surface area contributed by atoms with Crippen molar-refractivity contribution in [3.63, 3.8) is 0 Å². The van der Waals surface area contributed by atoms with Crippen LogP contribution in [-0.4, -0.2) is 15.9 Å². The van der Waals surface area contributed by atoms with Crippen molar-refractivity contribution in [2.45, 2.75) is 6.92 Å². The Morgan fingerprint density at radius 3 is 2.94 bits per heavy atom. The molecule has 0 fully saturated rings. The normalized spacial score (nSPS) is 10.2. The molecule has 94 valence electrons. The van der Waals surface area contributed by atoms with Crippen LogP contribution in [0, 0.1) is 12.7 Å². The average molecular weight is 267 g/mol. The lowest BCUT2D eigenvalue weighted by atomic mass is 10.2. The van der Waals surface area contributed by atoms with Crippen LogP contribution >= 0.6 is 11.3 Å². The first-order valence-electron chi connectivity index (χ1n) is 4.96. The van der Waals surface area contributed by atoms with Gasteiger partial charge in [0, 0.05) is 11.6 Å². The van der Waals surface area contributed by atoms with Gasteiger partial charge in [-0.15, -0.1) is 11.3 Å². The summed E-state index contributed by atoms with van der Waals surface area (Å²) >= 11 is 1.27. The predicted molar refractivity (Wildman–Crippen MR) is 66.8 cm³/mol. The Morgan fingerprint density at radius 1 is 1.56 bits per heavy atom. The molecule has 18 heavy (non-hydrogen) atoms. The molecule has 2 rings (SSSR count). The van der Waals surface area contributed by atoms with Gasteiger partial charge in [-0.05, 0) is 13.0 Å². The Balaban J connectivity index is 2.24. The van der Waals surface area contributed by atoms with Gasteiger partial charge < -0.3 is 5.43 Å². The monoisotopic (exact) mass is 267 g/mol. The molecule has 0 spiro atoms. The molecule has 0 aromatic carbocycles. The van der Waals surface area contributed by atoms with Gasteiger partial charge in [0.25, 0.3) is 5.91 Å². The molecule has 2 aromatic heterocycles. The van der Waals surface area contributed by atoms with Gasteiger partial charge in [0.05, 0.1) is 11.3 Å². The van der Waals surface area contributed by atoms with E-state index in [-0.39, 0.29) is 11.4 Å². The number of thiazole rings is 1. The summed E-state index contributed by atoms with van der Waals surface area (Å²) in [7, 11) is 0. The molecule has 0 unspecified atom stereocenters.